The highest BCUT2D eigenvalue weighted by Crippen LogP contribution is 2.41. The molecule has 1 saturated carbocycles. The van der Waals surface area contributed by atoms with Crippen molar-refractivity contribution in [2.75, 3.05) is 0 Å². The molecule has 3 atom stereocenters. The Kier molecular flexibility index (Phi) is 5.10. The third-order valence-electron chi connectivity index (χ3n) is 5.50. The van der Waals surface area contributed by atoms with E-state index in [1.807, 2.05) is 0 Å². The molecule has 3 rings (SSSR count). The van der Waals surface area contributed by atoms with Crippen LogP contribution in [0.3, 0.4) is 0 Å². The Morgan fingerprint density at radius 2 is 1.50 bits per heavy atom. The Balaban J connectivity index is 1.79. The Labute approximate surface area is 147 Å². The van der Waals surface area contributed by atoms with Gasteiger partial charge in [0.1, 0.15) is 0 Å². The first kappa shape index (κ1) is 16.8. The third kappa shape index (κ3) is 3.90. The monoisotopic (exact) mass is 316 g/mol. The average Bonchev–Trinajstić information content (AvgIpc) is 2.55. The van der Waals surface area contributed by atoms with E-state index in [9.17, 15) is 0 Å². The van der Waals surface area contributed by atoms with Crippen LogP contribution in [0.5, 0.6) is 0 Å². The summed E-state index contributed by atoms with van der Waals surface area (Å²) in [6.45, 7) is 9.16. The fourth-order valence-electron chi connectivity index (χ4n) is 4.08. The molecule has 124 valence electrons. The molecule has 2 aromatic rings. The summed E-state index contributed by atoms with van der Waals surface area (Å²) in [5.74, 6) is 9.00. The van der Waals surface area contributed by atoms with E-state index in [1.165, 1.54) is 36.0 Å². The second-order valence-corrected chi connectivity index (χ2v) is 7.69. The van der Waals surface area contributed by atoms with Crippen LogP contribution in [0.15, 0.2) is 42.5 Å². The minimum Gasteiger partial charge on any atom is -0.0625 e. The van der Waals surface area contributed by atoms with Crippen LogP contribution >= 0.6 is 0 Å². The van der Waals surface area contributed by atoms with Gasteiger partial charge in [0.2, 0.25) is 0 Å². The highest BCUT2D eigenvalue weighted by atomic mass is 14.3. The lowest BCUT2D eigenvalue weighted by Crippen LogP contribution is -2.20. The van der Waals surface area contributed by atoms with E-state index in [2.05, 4.69) is 82.0 Å². The van der Waals surface area contributed by atoms with Crippen molar-refractivity contribution in [1.82, 2.24) is 0 Å². The molecule has 0 aliphatic heterocycles. The maximum Gasteiger partial charge on any atom is 0.0251 e. The van der Waals surface area contributed by atoms with E-state index in [4.69, 9.17) is 0 Å². The summed E-state index contributed by atoms with van der Waals surface area (Å²) >= 11 is 0. The van der Waals surface area contributed by atoms with Gasteiger partial charge in [-0.15, -0.1) is 0 Å². The highest BCUT2D eigenvalue weighted by Gasteiger charge is 2.27. The zero-order valence-corrected chi connectivity index (χ0v) is 15.4. The van der Waals surface area contributed by atoms with Crippen molar-refractivity contribution in [2.24, 2.45) is 11.8 Å². The second kappa shape index (κ2) is 7.27. The summed E-state index contributed by atoms with van der Waals surface area (Å²) in [5, 5.41) is 0. The maximum absolute atomic E-state index is 3.32. The zero-order chi connectivity index (χ0) is 17.1. The minimum absolute atomic E-state index is 0.723. The van der Waals surface area contributed by atoms with E-state index in [1.54, 1.807) is 0 Å². The van der Waals surface area contributed by atoms with Crippen molar-refractivity contribution in [3.05, 3.63) is 70.3 Å². The number of aryl methyl sites for hydroxylation is 2. The van der Waals surface area contributed by atoms with Crippen LogP contribution in [-0.2, 0) is 0 Å². The van der Waals surface area contributed by atoms with Crippen LogP contribution in [0.2, 0.25) is 0 Å². The molecule has 0 nitrogen and oxygen atoms in total. The molecule has 0 heterocycles. The molecule has 0 spiro atoms. The van der Waals surface area contributed by atoms with E-state index >= 15 is 0 Å². The van der Waals surface area contributed by atoms with Crippen LogP contribution in [0.25, 0.3) is 0 Å². The molecular formula is C24H28. The lowest BCUT2D eigenvalue weighted by molar-refractivity contribution is 0.261. The van der Waals surface area contributed by atoms with Gasteiger partial charge in [0.15, 0.2) is 0 Å². The Bertz CT molecular complexity index is 755. The number of hydrogen-bond acceptors (Lipinski definition) is 0. The SMILES string of the molecule is Cc1ccc(C#Cc2ccc(C3CCC(C)CC3C)c(C)c2)cc1. The van der Waals surface area contributed by atoms with Crippen molar-refractivity contribution in [3.63, 3.8) is 0 Å². The molecule has 0 amide bonds. The number of hydrogen-bond donors (Lipinski definition) is 0. The first-order valence-corrected chi connectivity index (χ1v) is 9.22. The van der Waals surface area contributed by atoms with E-state index in [0.29, 0.717) is 0 Å². The van der Waals surface area contributed by atoms with Crippen LogP contribution < -0.4 is 0 Å². The lowest BCUT2D eigenvalue weighted by atomic mass is 9.71. The van der Waals surface area contributed by atoms with Gasteiger partial charge in [-0.05, 0) is 79.8 Å². The molecule has 1 aliphatic carbocycles. The maximum atomic E-state index is 3.32. The summed E-state index contributed by atoms with van der Waals surface area (Å²) in [4.78, 5) is 0. The van der Waals surface area contributed by atoms with Gasteiger partial charge in [0.25, 0.3) is 0 Å². The van der Waals surface area contributed by atoms with Gasteiger partial charge in [0, 0.05) is 11.1 Å². The summed E-state index contributed by atoms with van der Waals surface area (Å²) in [7, 11) is 0. The predicted molar refractivity (Wildman–Crippen MR) is 103 cm³/mol. The first-order chi connectivity index (χ1) is 11.5. The van der Waals surface area contributed by atoms with Gasteiger partial charge in [-0.3, -0.25) is 0 Å². The normalized spacial score (nSPS) is 23.4. The smallest absolute Gasteiger partial charge is 0.0251 e. The van der Waals surface area contributed by atoms with Crippen LogP contribution in [-0.4, -0.2) is 0 Å². The standard InChI is InChI=1S/C24H28/c1-17-5-8-21(9-6-17)10-11-22-12-14-24(20(4)16-22)23-13-7-18(2)15-19(23)3/h5-6,8-9,12,14,16,18-19,23H,7,13,15H2,1-4H3. The van der Waals surface area contributed by atoms with Crippen LogP contribution in [0, 0.1) is 37.5 Å². The molecule has 0 aromatic heterocycles. The topological polar surface area (TPSA) is 0 Å². The fourth-order valence-corrected chi connectivity index (χ4v) is 4.08. The fraction of sp³-hybridized carbons (Fsp3) is 0.417. The molecule has 1 aliphatic rings. The molecule has 24 heavy (non-hydrogen) atoms. The summed E-state index contributed by atoms with van der Waals surface area (Å²) < 4.78 is 0. The molecule has 0 bridgehead atoms. The van der Waals surface area contributed by atoms with Gasteiger partial charge >= 0.3 is 0 Å². The molecule has 0 heteroatoms. The lowest BCUT2D eigenvalue weighted by Gasteiger charge is -2.33. The number of rotatable bonds is 1. The molecular weight excluding hydrogens is 288 g/mol. The quantitative estimate of drug-likeness (QED) is 0.546. The van der Waals surface area contributed by atoms with Crippen LogP contribution in [0.4, 0.5) is 0 Å². The van der Waals surface area contributed by atoms with Gasteiger partial charge in [-0.25, -0.2) is 0 Å². The highest BCUT2D eigenvalue weighted by molar-refractivity contribution is 5.46. The number of benzene rings is 2. The van der Waals surface area contributed by atoms with Gasteiger partial charge in [0.05, 0.1) is 0 Å². The second-order valence-electron chi connectivity index (χ2n) is 7.69. The summed E-state index contributed by atoms with van der Waals surface area (Å²) in [6.07, 6.45) is 4.06. The van der Waals surface area contributed by atoms with Crippen LogP contribution in [0.1, 0.15) is 66.8 Å². The molecule has 0 N–H and O–H groups in total. The van der Waals surface area contributed by atoms with Gasteiger partial charge in [-0.1, -0.05) is 55.9 Å². The van der Waals surface area contributed by atoms with E-state index < -0.39 is 0 Å². The molecule has 3 unspecified atom stereocenters. The molecule has 1 fully saturated rings. The van der Waals surface area contributed by atoms with E-state index in [-0.39, 0.29) is 0 Å². The predicted octanol–water partition coefficient (Wildman–Crippen LogP) is 6.24. The molecule has 0 radical (unpaired) electrons. The first-order valence-electron chi connectivity index (χ1n) is 9.22. The van der Waals surface area contributed by atoms with Crippen molar-refractivity contribution >= 4 is 0 Å². The van der Waals surface area contributed by atoms with E-state index in [0.717, 1.165) is 28.9 Å². The Morgan fingerprint density at radius 1 is 0.833 bits per heavy atom. The van der Waals surface area contributed by atoms with Gasteiger partial charge in [-0.2, -0.15) is 0 Å². The zero-order valence-electron chi connectivity index (χ0n) is 15.4. The average molecular weight is 316 g/mol. The Morgan fingerprint density at radius 3 is 2.17 bits per heavy atom. The summed E-state index contributed by atoms with van der Waals surface area (Å²) in [6, 6.07) is 15.2. The van der Waals surface area contributed by atoms with Gasteiger partial charge < -0.3 is 0 Å². The molecule has 0 saturated heterocycles. The van der Waals surface area contributed by atoms with Crippen molar-refractivity contribution in [3.8, 4) is 11.8 Å². The van der Waals surface area contributed by atoms with Crippen molar-refractivity contribution < 1.29 is 0 Å². The van der Waals surface area contributed by atoms with Crippen molar-refractivity contribution in [2.45, 2.75) is 52.9 Å². The summed E-state index contributed by atoms with van der Waals surface area (Å²) in [5.41, 5.74) is 6.41. The Hall–Kier alpha value is -2.00. The third-order valence-corrected chi connectivity index (χ3v) is 5.50. The van der Waals surface area contributed by atoms with Crippen molar-refractivity contribution in [1.29, 1.82) is 0 Å². The molecule has 2 aromatic carbocycles. The minimum atomic E-state index is 0.723. The largest absolute Gasteiger partial charge is 0.0625 e.